The molecular weight excluding hydrogens is 1050 g/mol. The van der Waals surface area contributed by atoms with E-state index < -0.39 is 13.3 Å². The van der Waals surface area contributed by atoms with Crippen molar-refractivity contribution in [3.63, 3.8) is 0 Å². The van der Waals surface area contributed by atoms with Crippen molar-refractivity contribution >= 4 is 61.5 Å². The van der Waals surface area contributed by atoms with Crippen molar-refractivity contribution in [2.45, 2.75) is 44.0 Å². The normalized spacial score (nSPS) is 12.0. The zero-order valence-corrected chi connectivity index (χ0v) is 42.5. The van der Waals surface area contributed by atoms with Gasteiger partial charge in [0.05, 0.1) is 28.1 Å². The minimum atomic E-state index is -1.72. The molecule has 327 valence electrons. The number of nitrogens with zero attached hydrogens (tertiary/aromatic N) is 4. The Bertz CT molecular complexity index is 3390. The van der Waals surface area contributed by atoms with Crippen LogP contribution in [0.1, 0.15) is 32.4 Å². The third-order valence-electron chi connectivity index (χ3n) is 12.6. The molecule has 0 spiro atoms. The maximum absolute atomic E-state index is 6.72. The van der Waals surface area contributed by atoms with Gasteiger partial charge in [0.2, 0.25) is 5.71 Å². The van der Waals surface area contributed by atoms with Gasteiger partial charge in [-0.25, -0.2) is 4.98 Å². The van der Waals surface area contributed by atoms with Crippen LogP contribution in [0.3, 0.4) is 0 Å². The number of hydrogen-bond acceptors (Lipinski definition) is 4. The summed E-state index contributed by atoms with van der Waals surface area (Å²) in [5.74, 6) is 8.69. The molecule has 0 bridgehead atoms. The molecule has 0 fully saturated rings. The van der Waals surface area contributed by atoms with E-state index >= 15 is 0 Å². The van der Waals surface area contributed by atoms with Crippen LogP contribution in [0.4, 0.5) is 0 Å². The quantitative estimate of drug-likeness (QED) is 0.112. The molecule has 0 saturated heterocycles. The summed E-state index contributed by atoms with van der Waals surface area (Å²) in [4.78, 5) is 15.0. The zero-order valence-electron chi connectivity index (χ0n) is 38.0. The fraction of sp³-hybridized carbons (Fsp3) is 0.136. The number of furan rings is 1. The second kappa shape index (κ2) is 18.8. The SMILES string of the molecule is CC(C)C(C)c1ccc2c(n1)oc1c(-c3nc4ccc5ccccc5c4n3-c3c(-c4ccccc4)cccc3-c3ccccc3)[c-]ccc12.[CH3][Ge]([CH3])([CH3])[c]1ccc(-c2[c-]cccc2)nc1.[Ir]. The second-order valence-electron chi connectivity index (χ2n) is 18.1. The van der Waals surface area contributed by atoms with Crippen LogP contribution in [0.15, 0.2) is 187 Å². The van der Waals surface area contributed by atoms with Gasteiger partial charge >= 0.3 is 99.8 Å². The molecule has 0 aliphatic rings. The van der Waals surface area contributed by atoms with E-state index in [9.17, 15) is 0 Å². The molecule has 0 aliphatic heterocycles. The molecule has 66 heavy (non-hydrogen) atoms. The molecule has 7 aromatic carbocycles. The Balaban J connectivity index is 0.000000273. The minimum absolute atomic E-state index is 0. The van der Waals surface area contributed by atoms with Gasteiger partial charge < -0.3 is 8.98 Å². The Morgan fingerprint density at radius 1 is 0.591 bits per heavy atom. The van der Waals surface area contributed by atoms with Crippen molar-refractivity contribution in [2.75, 3.05) is 0 Å². The number of imidazole rings is 1. The van der Waals surface area contributed by atoms with E-state index in [4.69, 9.17) is 14.4 Å². The molecule has 11 rings (SSSR count). The van der Waals surface area contributed by atoms with Crippen LogP contribution < -0.4 is 4.40 Å². The number of fused-ring (bicyclic) bond motifs is 6. The molecule has 0 saturated carbocycles. The molecular formula is C59H50GeIrN4O-2. The van der Waals surface area contributed by atoms with Crippen molar-refractivity contribution in [3.8, 4) is 50.6 Å². The van der Waals surface area contributed by atoms with E-state index in [1.165, 1.54) is 4.40 Å². The van der Waals surface area contributed by atoms with Gasteiger partial charge in [-0.15, -0.1) is 18.2 Å². The summed E-state index contributed by atoms with van der Waals surface area (Å²) >= 11 is -1.72. The predicted octanol–water partition coefficient (Wildman–Crippen LogP) is 15.1. The van der Waals surface area contributed by atoms with Crippen molar-refractivity contribution < 1.29 is 24.5 Å². The first kappa shape index (κ1) is 44.8. The number of pyridine rings is 2. The number of hydrogen-bond donors (Lipinski definition) is 0. The Labute approximate surface area is 403 Å². The fourth-order valence-corrected chi connectivity index (χ4v) is 10.8. The van der Waals surface area contributed by atoms with Crippen LogP contribution in [0.5, 0.6) is 0 Å². The largest absolute Gasteiger partial charge is 0 e. The van der Waals surface area contributed by atoms with Gasteiger partial charge in [0, 0.05) is 53.6 Å². The first-order valence-corrected chi connectivity index (χ1v) is 29.8. The summed E-state index contributed by atoms with van der Waals surface area (Å²) < 4.78 is 10.5. The van der Waals surface area contributed by atoms with E-state index in [-0.39, 0.29) is 20.1 Å². The molecule has 1 unspecified atom stereocenters. The number of aromatic nitrogens is 4. The van der Waals surface area contributed by atoms with Gasteiger partial charge in [0.25, 0.3) is 0 Å². The van der Waals surface area contributed by atoms with E-state index in [1.54, 1.807) is 0 Å². The van der Waals surface area contributed by atoms with Gasteiger partial charge in [-0.2, -0.15) is 0 Å². The number of benzene rings is 7. The maximum Gasteiger partial charge on any atom is 0 e. The van der Waals surface area contributed by atoms with Crippen molar-refractivity contribution in [2.24, 2.45) is 5.92 Å². The van der Waals surface area contributed by atoms with Gasteiger partial charge in [-0.3, -0.25) is 4.98 Å². The molecule has 7 heteroatoms. The smallest absolute Gasteiger partial charge is 0 e. The monoisotopic (exact) mass is 1100 g/mol. The molecule has 4 aromatic heterocycles. The number of rotatable bonds is 8. The van der Waals surface area contributed by atoms with Gasteiger partial charge in [0.15, 0.2) is 0 Å². The summed E-state index contributed by atoms with van der Waals surface area (Å²) in [5, 5.41) is 4.28. The standard InChI is InChI=1S/C45H34N3O.C14H16GeN.Ir/c1-28(2)29(3)39-27-25-37-36-22-13-23-38(43(36)49-45(37)47-39)44-46-40-26-24-32-18-10-11-19-35(32)42(40)48(44)41-33(30-14-6-4-7-15-30)20-12-21-34(41)31-16-8-5-9-17-31;1-15(2,3)13-9-10-14(16-11-13)12-7-5-4-6-8-12;/h4-22,24-29H,1-3H3;4-7,9-11H,1-3H3;/q2*-1;. The third kappa shape index (κ3) is 8.57. The summed E-state index contributed by atoms with van der Waals surface area (Å²) in [7, 11) is 0. The third-order valence-corrected chi connectivity index (χ3v) is 16.8. The van der Waals surface area contributed by atoms with Gasteiger partial charge in [-0.1, -0.05) is 141 Å². The zero-order chi connectivity index (χ0) is 44.7. The minimum Gasteiger partial charge on any atom is 0 e. The van der Waals surface area contributed by atoms with Crippen LogP contribution in [0.2, 0.25) is 17.3 Å². The molecule has 0 N–H and O–H groups in total. The summed E-state index contributed by atoms with van der Waals surface area (Å²) in [6.45, 7) is 6.68. The molecule has 0 aliphatic carbocycles. The molecule has 4 heterocycles. The van der Waals surface area contributed by atoms with E-state index in [0.29, 0.717) is 17.5 Å². The Morgan fingerprint density at radius 2 is 1.29 bits per heavy atom. The Kier molecular flexibility index (Phi) is 12.8. The van der Waals surface area contributed by atoms with Crippen LogP contribution in [0, 0.1) is 18.1 Å². The molecule has 1 radical (unpaired) electrons. The van der Waals surface area contributed by atoms with Gasteiger partial charge in [-0.05, 0) is 40.6 Å². The van der Waals surface area contributed by atoms with Crippen molar-refractivity contribution in [3.05, 3.63) is 200 Å². The fourth-order valence-electron chi connectivity index (χ4n) is 8.66. The average Bonchev–Trinajstić information content (AvgIpc) is 3.93. The second-order valence-corrected chi connectivity index (χ2v) is 28.8. The first-order chi connectivity index (χ1) is 31.6. The van der Waals surface area contributed by atoms with Crippen LogP contribution in [-0.4, -0.2) is 32.8 Å². The summed E-state index contributed by atoms with van der Waals surface area (Å²) in [6, 6.07) is 68.1. The van der Waals surface area contributed by atoms with Gasteiger partial charge in [0.1, 0.15) is 0 Å². The van der Waals surface area contributed by atoms with E-state index in [0.717, 1.165) is 94.4 Å². The molecule has 5 nitrogen and oxygen atoms in total. The van der Waals surface area contributed by atoms with Crippen LogP contribution in [-0.2, 0) is 20.1 Å². The van der Waals surface area contributed by atoms with E-state index in [2.05, 4.69) is 205 Å². The van der Waals surface area contributed by atoms with Crippen LogP contribution >= 0.6 is 0 Å². The maximum atomic E-state index is 6.72. The summed E-state index contributed by atoms with van der Waals surface area (Å²) in [5.41, 5.74) is 12.8. The topological polar surface area (TPSA) is 56.7 Å². The molecule has 0 amide bonds. The Morgan fingerprint density at radius 3 is 1.94 bits per heavy atom. The molecule has 11 aromatic rings. The predicted molar refractivity (Wildman–Crippen MR) is 274 cm³/mol. The average molecular weight is 1100 g/mol. The number of para-hydroxylation sites is 1. The van der Waals surface area contributed by atoms with E-state index in [1.807, 2.05) is 36.5 Å². The summed E-state index contributed by atoms with van der Waals surface area (Å²) in [6.07, 6.45) is 2.04. The Hall–Kier alpha value is -6.44. The van der Waals surface area contributed by atoms with Crippen LogP contribution in [0.25, 0.3) is 94.5 Å². The molecule has 1 atom stereocenters. The van der Waals surface area contributed by atoms with Crippen molar-refractivity contribution in [1.29, 1.82) is 0 Å². The first-order valence-electron chi connectivity index (χ1n) is 22.5. The van der Waals surface area contributed by atoms with Crippen molar-refractivity contribution in [1.82, 2.24) is 19.5 Å².